The summed E-state index contributed by atoms with van der Waals surface area (Å²) < 4.78 is 1.65. The van der Waals surface area contributed by atoms with Crippen LogP contribution in [0.5, 0.6) is 0 Å². The fourth-order valence-electron chi connectivity index (χ4n) is 2.29. The fraction of sp³-hybridized carbons (Fsp3) is 0.375. The third-order valence-electron chi connectivity index (χ3n) is 3.16. The Hall–Kier alpha value is -1.85. The molecular weight excluding hydrogens is 302 g/mol. The smallest absolute Gasteiger partial charge is 0.274 e. The number of benzene rings is 1. The minimum atomic E-state index is -0.954. The Balaban J connectivity index is 2.30. The minimum absolute atomic E-state index is 0.226. The highest BCUT2D eigenvalue weighted by Crippen LogP contribution is 2.21. The lowest BCUT2D eigenvalue weighted by Crippen LogP contribution is -2.39. The second-order valence-corrected chi connectivity index (χ2v) is 6.42. The number of para-hydroxylation sites is 1. The number of halogens is 1. The predicted octanol–water partition coefficient (Wildman–Crippen LogP) is 2.68. The summed E-state index contributed by atoms with van der Waals surface area (Å²) in [4.78, 5) is 13.9. The molecule has 1 aromatic carbocycles. The molecule has 0 aliphatic heterocycles. The Morgan fingerprint density at radius 3 is 2.64 bits per heavy atom. The molecule has 5 nitrogen and oxygen atoms in total. The van der Waals surface area contributed by atoms with Gasteiger partial charge >= 0.3 is 0 Å². The van der Waals surface area contributed by atoms with E-state index in [-0.39, 0.29) is 12.5 Å². The van der Waals surface area contributed by atoms with Crippen LogP contribution in [0.4, 0.5) is 0 Å². The summed E-state index contributed by atoms with van der Waals surface area (Å²) in [6.45, 7) is 5.40. The topological polar surface area (TPSA) is 58.4 Å². The van der Waals surface area contributed by atoms with Crippen LogP contribution in [0.1, 0.15) is 30.0 Å². The Morgan fingerprint density at radius 1 is 1.41 bits per heavy atom. The molecule has 1 heterocycles. The maximum Gasteiger partial charge on any atom is 0.274 e. The molecule has 0 unspecified atom stereocenters. The molecule has 1 N–H and O–H groups in total. The van der Waals surface area contributed by atoms with Gasteiger partial charge in [0.15, 0.2) is 5.69 Å². The van der Waals surface area contributed by atoms with Crippen molar-refractivity contribution in [3.05, 3.63) is 46.7 Å². The van der Waals surface area contributed by atoms with Crippen molar-refractivity contribution in [2.24, 2.45) is 0 Å². The van der Waals surface area contributed by atoms with Crippen molar-refractivity contribution in [1.82, 2.24) is 14.7 Å². The number of hydrogen-bond donors (Lipinski definition) is 1. The minimum Gasteiger partial charge on any atom is -0.389 e. The molecule has 118 valence electrons. The summed E-state index contributed by atoms with van der Waals surface area (Å²) in [6, 6.07) is 9.04. The molecule has 0 saturated carbocycles. The van der Waals surface area contributed by atoms with Gasteiger partial charge in [-0.2, -0.15) is 5.10 Å². The summed E-state index contributed by atoms with van der Waals surface area (Å²) in [6.07, 6.45) is 0. The number of aryl methyl sites for hydroxylation is 1. The quantitative estimate of drug-likeness (QED) is 0.942. The average molecular weight is 322 g/mol. The number of aliphatic hydroxyl groups is 1. The Morgan fingerprint density at radius 2 is 2.05 bits per heavy atom. The van der Waals surface area contributed by atoms with Crippen LogP contribution in [-0.2, 0) is 0 Å². The first-order valence-electron chi connectivity index (χ1n) is 6.98. The van der Waals surface area contributed by atoms with Crippen LogP contribution in [0.25, 0.3) is 5.69 Å². The molecule has 0 aliphatic carbocycles. The average Bonchev–Trinajstić information content (AvgIpc) is 2.78. The summed E-state index contributed by atoms with van der Waals surface area (Å²) in [7, 11) is 1.64. The van der Waals surface area contributed by atoms with Gasteiger partial charge in [0.25, 0.3) is 5.91 Å². The van der Waals surface area contributed by atoms with Crippen molar-refractivity contribution in [3.8, 4) is 5.69 Å². The van der Waals surface area contributed by atoms with Crippen LogP contribution in [-0.4, -0.2) is 44.9 Å². The lowest BCUT2D eigenvalue weighted by atomic mass is 10.1. The second kappa shape index (κ2) is 6.10. The number of likely N-dealkylation sites (N-methyl/N-ethyl adjacent to an activating group) is 1. The van der Waals surface area contributed by atoms with Crippen LogP contribution in [0.2, 0.25) is 5.02 Å². The van der Waals surface area contributed by atoms with Crippen LogP contribution < -0.4 is 0 Å². The fourth-order valence-corrected chi connectivity index (χ4v) is 2.51. The molecule has 6 heteroatoms. The van der Waals surface area contributed by atoms with E-state index in [9.17, 15) is 9.90 Å². The number of aromatic nitrogens is 2. The van der Waals surface area contributed by atoms with Gasteiger partial charge < -0.3 is 10.0 Å². The highest BCUT2D eigenvalue weighted by Gasteiger charge is 2.23. The number of carbonyl (C=O) groups is 1. The molecule has 2 rings (SSSR count). The van der Waals surface area contributed by atoms with Gasteiger partial charge in [-0.05, 0) is 39.0 Å². The summed E-state index contributed by atoms with van der Waals surface area (Å²) >= 11 is 6.18. The zero-order chi connectivity index (χ0) is 16.5. The molecule has 1 amide bonds. The highest BCUT2D eigenvalue weighted by molar-refractivity contribution is 6.32. The van der Waals surface area contributed by atoms with E-state index in [2.05, 4.69) is 5.10 Å². The van der Waals surface area contributed by atoms with Crippen LogP contribution >= 0.6 is 11.6 Å². The first-order valence-corrected chi connectivity index (χ1v) is 7.36. The summed E-state index contributed by atoms with van der Waals surface area (Å²) in [5.41, 5.74) is 0.910. The monoisotopic (exact) mass is 321 g/mol. The Labute approximate surface area is 135 Å². The van der Waals surface area contributed by atoms with E-state index >= 15 is 0 Å². The molecule has 0 atom stereocenters. The lowest BCUT2D eigenvalue weighted by molar-refractivity contribution is 0.0364. The lowest BCUT2D eigenvalue weighted by Gasteiger charge is -2.24. The molecule has 0 spiro atoms. The van der Waals surface area contributed by atoms with Gasteiger partial charge in [-0.1, -0.05) is 23.7 Å². The van der Waals surface area contributed by atoms with Gasteiger partial charge in [-0.3, -0.25) is 4.79 Å². The van der Waals surface area contributed by atoms with E-state index in [1.807, 2.05) is 25.1 Å². The second-order valence-electron chi connectivity index (χ2n) is 6.01. The maximum absolute atomic E-state index is 12.4. The first-order chi connectivity index (χ1) is 10.2. The maximum atomic E-state index is 12.4. The van der Waals surface area contributed by atoms with Crippen LogP contribution in [0, 0.1) is 6.92 Å². The number of rotatable bonds is 4. The van der Waals surface area contributed by atoms with E-state index < -0.39 is 5.60 Å². The zero-order valence-corrected chi connectivity index (χ0v) is 13.9. The molecule has 1 aromatic heterocycles. The van der Waals surface area contributed by atoms with E-state index in [1.165, 1.54) is 4.90 Å². The van der Waals surface area contributed by atoms with Gasteiger partial charge in [-0.25, -0.2) is 4.68 Å². The third-order valence-corrected chi connectivity index (χ3v) is 3.48. The van der Waals surface area contributed by atoms with Crippen molar-refractivity contribution < 1.29 is 9.90 Å². The molecule has 0 aliphatic rings. The first kappa shape index (κ1) is 16.5. The largest absolute Gasteiger partial charge is 0.389 e. The number of carbonyl (C=O) groups excluding carboxylic acids is 1. The van der Waals surface area contributed by atoms with Crippen molar-refractivity contribution >= 4 is 17.5 Å². The van der Waals surface area contributed by atoms with E-state index in [1.54, 1.807) is 37.7 Å². The molecule has 0 bridgehead atoms. The molecule has 0 saturated heterocycles. The third kappa shape index (κ3) is 3.67. The molecule has 0 radical (unpaired) electrons. The SMILES string of the molecule is Cc1cc(C(=O)N(C)CC(C)(C)O)nn1-c1ccccc1Cl. The highest BCUT2D eigenvalue weighted by atomic mass is 35.5. The molecule has 0 fully saturated rings. The van der Waals surface area contributed by atoms with Gasteiger partial charge in [0.2, 0.25) is 0 Å². The van der Waals surface area contributed by atoms with Crippen molar-refractivity contribution in [3.63, 3.8) is 0 Å². The van der Waals surface area contributed by atoms with Gasteiger partial charge in [0, 0.05) is 19.3 Å². The van der Waals surface area contributed by atoms with Gasteiger partial charge in [0.05, 0.1) is 16.3 Å². The summed E-state index contributed by atoms with van der Waals surface area (Å²) in [5, 5.41) is 14.7. The van der Waals surface area contributed by atoms with Crippen molar-refractivity contribution in [2.45, 2.75) is 26.4 Å². The summed E-state index contributed by atoms with van der Waals surface area (Å²) in [5.74, 6) is -0.240. The van der Waals surface area contributed by atoms with Crippen molar-refractivity contribution in [2.75, 3.05) is 13.6 Å². The van der Waals surface area contributed by atoms with E-state index in [0.717, 1.165) is 11.4 Å². The Bertz CT molecular complexity index is 689. The number of nitrogens with zero attached hydrogens (tertiary/aromatic N) is 3. The normalized spacial score (nSPS) is 11.5. The zero-order valence-electron chi connectivity index (χ0n) is 13.2. The molecule has 22 heavy (non-hydrogen) atoms. The van der Waals surface area contributed by atoms with Crippen LogP contribution in [0.3, 0.4) is 0 Å². The molecular formula is C16H20ClN3O2. The number of amides is 1. The van der Waals surface area contributed by atoms with E-state index in [4.69, 9.17) is 11.6 Å². The van der Waals surface area contributed by atoms with Gasteiger partial charge in [-0.15, -0.1) is 0 Å². The standard InChI is InChI=1S/C16H20ClN3O2/c1-11-9-13(15(21)19(4)10-16(2,3)22)18-20(11)14-8-6-5-7-12(14)17/h5-9,22H,10H2,1-4H3. The number of hydrogen-bond acceptors (Lipinski definition) is 3. The van der Waals surface area contributed by atoms with Gasteiger partial charge in [0.1, 0.15) is 0 Å². The van der Waals surface area contributed by atoms with E-state index in [0.29, 0.717) is 10.7 Å². The molecule has 2 aromatic rings. The van der Waals surface area contributed by atoms with Crippen LogP contribution in [0.15, 0.2) is 30.3 Å². The van der Waals surface area contributed by atoms with Crippen molar-refractivity contribution in [1.29, 1.82) is 0 Å². The predicted molar refractivity (Wildman–Crippen MR) is 86.6 cm³/mol. The Kier molecular flexibility index (Phi) is 4.58.